The number of benzene rings is 1. The molecule has 5 nitrogen and oxygen atoms in total. The summed E-state index contributed by atoms with van der Waals surface area (Å²) in [6, 6.07) is 2.00. The Hall–Kier alpha value is -1.98. The fourth-order valence-corrected chi connectivity index (χ4v) is 1.64. The molecular formula is C13H19FN2O3. The zero-order valence-electron chi connectivity index (χ0n) is 11.5. The Morgan fingerprint density at radius 3 is 2.47 bits per heavy atom. The zero-order chi connectivity index (χ0) is 14.6. The number of hydrogen-bond donors (Lipinski definition) is 2. The van der Waals surface area contributed by atoms with E-state index in [9.17, 15) is 9.18 Å². The van der Waals surface area contributed by atoms with Gasteiger partial charge in [0.2, 0.25) is 0 Å². The lowest BCUT2D eigenvalue weighted by molar-refractivity contribution is -0.142. The molecule has 0 aliphatic heterocycles. The molecule has 0 spiro atoms. The van der Waals surface area contributed by atoms with E-state index in [-0.39, 0.29) is 17.4 Å². The molecule has 6 heteroatoms. The van der Waals surface area contributed by atoms with Crippen molar-refractivity contribution in [3.8, 4) is 5.75 Å². The number of nitrogens with two attached hydrogens (primary N) is 1. The van der Waals surface area contributed by atoms with E-state index in [1.54, 1.807) is 0 Å². The predicted octanol–water partition coefficient (Wildman–Crippen LogP) is 2.03. The van der Waals surface area contributed by atoms with Crippen molar-refractivity contribution in [3.05, 3.63) is 17.9 Å². The average molecular weight is 270 g/mol. The number of rotatable bonds is 5. The fraction of sp³-hybridized carbons (Fsp3) is 0.462. The molecule has 0 saturated carbocycles. The molecule has 0 fully saturated rings. The van der Waals surface area contributed by atoms with Gasteiger partial charge in [-0.05, 0) is 5.92 Å². The van der Waals surface area contributed by atoms with E-state index in [0.717, 1.165) is 6.07 Å². The van der Waals surface area contributed by atoms with E-state index >= 15 is 0 Å². The van der Waals surface area contributed by atoms with Gasteiger partial charge in [-0.1, -0.05) is 13.8 Å². The van der Waals surface area contributed by atoms with E-state index in [4.69, 9.17) is 15.2 Å². The summed E-state index contributed by atoms with van der Waals surface area (Å²) in [7, 11) is 2.67. The number of carbonyl (C=O) groups excluding carboxylic acids is 1. The van der Waals surface area contributed by atoms with Crippen molar-refractivity contribution in [2.75, 3.05) is 25.3 Å². The minimum atomic E-state index is -0.567. The van der Waals surface area contributed by atoms with Gasteiger partial charge in [0.25, 0.3) is 0 Å². The van der Waals surface area contributed by atoms with E-state index in [2.05, 4.69) is 5.32 Å². The topological polar surface area (TPSA) is 73.6 Å². The molecule has 1 aromatic rings. The van der Waals surface area contributed by atoms with Crippen LogP contribution in [0.25, 0.3) is 0 Å². The number of ether oxygens (including phenoxy) is 2. The highest BCUT2D eigenvalue weighted by molar-refractivity contribution is 5.82. The third-order valence-electron chi connectivity index (χ3n) is 2.76. The van der Waals surface area contributed by atoms with Crippen molar-refractivity contribution in [1.29, 1.82) is 0 Å². The molecule has 0 radical (unpaired) electrons. The van der Waals surface area contributed by atoms with Crippen LogP contribution >= 0.6 is 0 Å². The van der Waals surface area contributed by atoms with Crippen LogP contribution < -0.4 is 15.8 Å². The third kappa shape index (κ3) is 3.49. The molecule has 1 aromatic carbocycles. The van der Waals surface area contributed by atoms with Gasteiger partial charge >= 0.3 is 5.97 Å². The van der Waals surface area contributed by atoms with Crippen LogP contribution in [0.4, 0.5) is 15.8 Å². The van der Waals surface area contributed by atoms with Crippen LogP contribution in [-0.2, 0) is 9.53 Å². The first kappa shape index (κ1) is 15.1. The molecule has 19 heavy (non-hydrogen) atoms. The molecule has 106 valence electrons. The van der Waals surface area contributed by atoms with Gasteiger partial charge in [0.05, 0.1) is 25.6 Å². The van der Waals surface area contributed by atoms with Gasteiger partial charge in [-0.2, -0.15) is 0 Å². The molecule has 0 saturated heterocycles. The molecule has 3 N–H and O–H groups in total. The van der Waals surface area contributed by atoms with Crippen molar-refractivity contribution < 1.29 is 18.7 Å². The van der Waals surface area contributed by atoms with Crippen molar-refractivity contribution in [2.24, 2.45) is 5.92 Å². The third-order valence-corrected chi connectivity index (χ3v) is 2.76. The minimum absolute atomic E-state index is 0.0112. The summed E-state index contributed by atoms with van der Waals surface area (Å²) in [5.41, 5.74) is 6.36. The minimum Gasteiger partial charge on any atom is -0.494 e. The van der Waals surface area contributed by atoms with Gasteiger partial charge in [-0.3, -0.25) is 0 Å². The SMILES string of the molecule is COC(=O)C(Nc1cc(OC)c(F)cc1N)C(C)C. The number of halogens is 1. The largest absolute Gasteiger partial charge is 0.494 e. The molecule has 1 unspecified atom stereocenters. The maximum Gasteiger partial charge on any atom is 0.328 e. The quantitative estimate of drug-likeness (QED) is 0.632. The van der Waals surface area contributed by atoms with E-state index in [1.165, 1.54) is 20.3 Å². The highest BCUT2D eigenvalue weighted by Gasteiger charge is 2.24. The number of hydrogen-bond acceptors (Lipinski definition) is 5. The summed E-state index contributed by atoms with van der Waals surface area (Å²) in [5, 5.41) is 2.95. The van der Waals surface area contributed by atoms with Crippen LogP contribution in [0.2, 0.25) is 0 Å². The monoisotopic (exact) mass is 270 g/mol. The van der Waals surface area contributed by atoms with Crippen LogP contribution in [0.3, 0.4) is 0 Å². The van der Waals surface area contributed by atoms with Crippen molar-refractivity contribution in [2.45, 2.75) is 19.9 Å². The Balaban J connectivity index is 3.06. The Labute approximate surface area is 111 Å². The number of carbonyl (C=O) groups is 1. The van der Waals surface area contributed by atoms with Crippen LogP contribution in [0, 0.1) is 11.7 Å². The summed E-state index contributed by atoms with van der Waals surface area (Å²) in [6.07, 6.45) is 0. The Bertz CT molecular complexity index is 463. The van der Waals surface area contributed by atoms with Crippen molar-refractivity contribution in [3.63, 3.8) is 0 Å². The summed E-state index contributed by atoms with van der Waals surface area (Å²) < 4.78 is 23.0. The van der Waals surface area contributed by atoms with E-state index in [0.29, 0.717) is 5.69 Å². The van der Waals surface area contributed by atoms with E-state index < -0.39 is 17.8 Å². The van der Waals surface area contributed by atoms with Gasteiger partial charge in [-0.25, -0.2) is 9.18 Å². The second-order valence-electron chi connectivity index (χ2n) is 4.46. The van der Waals surface area contributed by atoms with Crippen LogP contribution in [-0.4, -0.2) is 26.2 Å². The average Bonchev–Trinajstić information content (AvgIpc) is 2.36. The molecule has 0 aromatic heterocycles. The standard InChI is InChI=1S/C13H19FN2O3/c1-7(2)12(13(17)19-4)16-10-6-11(18-3)8(14)5-9(10)15/h5-7,12,16H,15H2,1-4H3. The summed E-state index contributed by atoms with van der Waals surface area (Å²) in [5.74, 6) is -0.908. The lowest BCUT2D eigenvalue weighted by Crippen LogP contribution is -2.35. The smallest absolute Gasteiger partial charge is 0.328 e. The van der Waals surface area contributed by atoms with Gasteiger partial charge < -0.3 is 20.5 Å². The van der Waals surface area contributed by atoms with Crippen LogP contribution in [0.15, 0.2) is 12.1 Å². The Kier molecular flexibility index (Phi) is 4.97. The zero-order valence-corrected chi connectivity index (χ0v) is 11.5. The molecule has 1 atom stereocenters. The Morgan fingerprint density at radius 2 is 2.00 bits per heavy atom. The molecule has 0 bridgehead atoms. The van der Waals surface area contributed by atoms with Crippen LogP contribution in [0.5, 0.6) is 5.75 Å². The second kappa shape index (κ2) is 6.26. The van der Waals surface area contributed by atoms with Gasteiger partial charge in [0, 0.05) is 12.1 Å². The Morgan fingerprint density at radius 1 is 1.37 bits per heavy atom. The second-order valence-corrected chi connectivity index (χ2v) is 4.46. The molecule has 0 amide bonds. The van der Waals surface area contributed by atoms with Crippen LogP contribution in [0.1, 0.15) is 13.8 Å². The van der Waals surface area contributed by atoms with E-state index in [1.807, 2.05) is 13.8 Å². The van der Waals surface area contributed by atoms with Crippen molar-refractivity contribution in [1.82, 2.24) is 0 Å². The lowest BCUT2D eigenvalue weighted by atomic mass is 10.0. The number of nitrogen functional groups attached to an aromatic ring is 1. The first-order valence-corrected chi connectivity index (χ1v) is 5.88. The summed E-state index contributed by atoms with van der Waals surface area (Å²) in [4.78, 5) is 11.7. The number of methoxy groups -OCH3 is 2. The molecule has 0 aliphatic rings. The predicted molar refractivity (Wildman–Crippen MR) is 71.6 cm³/mol. The molecule has 0 heterocycles. The summed E-state index contributed by atoms with van der Waals surface area (Å²) in [6.45, 7) is 3.73. The van der Waals surface area contributed by atoms with Gasteiger partial charge in [-0.15, -0.1) is 0 Å². The van der Waals surface area contributed by atoms with Gasteiger partial charge in [0.1, 0.15) is 6.04 Å². The van der Waals surface area contributed by atoms with Gasteiger partial charge in [0.15, 0.2) is 11.6 Å². The highest BCUT2D eigenvalue weighted by atomic mass is 19.1. The molecule has 1 rings (SSSR count). The molecular weight excluding hydrogens is 251 g/mol. The normalized spacial score (nSPS) is 12.1. The maximum atomic E-state index is 13.4. The number of esters is 1. The first-order valence-electron chi connectivity index (χ1n) is 5.88. The first-order chi connectivity index (χ1) is 8.90. The lowest BCUT2D eigenvalue weighted by Gasteiger charge is -2.22. The number of anilines is 2. The summed E-state index contributed by atoms with van der Waals surface area (Å²) >= 11 is 0. The highest BCUT2D eigenvalue weighted by Crippen LogP contribution is 2.29. The van der Waals surface area contributed by atoms with Crippen molar-refractivity contribution >= 4 is 17.3 Å². The number of nitrogens with one attached hydrogen (secondary N) is 1. The fourth-order valence-electron chi connectivity index (χ4n) is 1.64. The maximum absolute atomic E-state index is 13.4. The molecule has 0 aliphatic carbocycles.